The van der Waals surface area contributed by atoms with Crippen LogP contribution in [0.4, 0.5) is 0 Å². The Morgan fingerprint density at radius 2 is 1.50 bits per heavy atom. The molecule has 16 heavy (non-hydrogen) atoms. The highest BCUT2D eigenvalue weighted by Gasteiger charge is 1.94. The molecule has 0 unspecified atom stereocenters. The van der Waals surface area contributed by atoms with Crippen LogP contribution in [0.2, 0.25) is 0 Å². The Labute approximate surface area is 110 Å². The van der Waals surface area contributed by atoms with Crippen LogP contribution in [0, 0.1) is 3.57 Å². The smallest absolute Gasteiger partial charge is 0.0209 e. The number of halogens is 1. The second-order valence-corrected chi connectivity index (χ2v) is 4.96. The first-order chi connectivity index (χ1) is 7.84. The van der Waals surface area contributed by atoms with Crippen LogP contribution in [0.25, 0.3) is 0 Å². The SMILES string of the molecule is Ic1cccc(CNCc2ccccc2)c1. The van der Waals surface area contributed by atoms with Crippen molar-refractivity contribution < 1.29 is 0 Å². The van der Waals surface area contributed by atoms with Crippen molar-refractivity contribution in [1.29, 1.82) is 0 Å². The molecule has 0 saturated heterocycles. The zero-order chi connectivity index (χ0) is 11.2. The highest BCUT2D eigenvalue weighted by atomic mass is 127. The Kier molecular flexibility index (Phi) is 4.36. The van der Waals surface area contributed by atoms with Gasteiger partial charge in [0.2, 0.25) is 0 Å². The van der Waals surface area contributed by atoms with Gasteiger partial charge in [0.25, 0.3) is 0 Å². The Morgan fingerprint density at radius 1 is 0.812 bits per heavy atom. The van der Waals surface area contributed by atoms with Crippen LogP contribution < -0.4 is 5.32 Å². The lowest BCUT2D eigenvalue weighted by molar-refractivity contribution is 0.693. The van der Waals surface area contributed by atoms with Crippen LogP contribution >= 0.6 is 22.6 Å². The predicted octanol–water partition coefficient (Wildman–Crippen LogP) is 3.58. The minimum absolute atomic E-state index is 0.922. The Hall–Kier alpha value is -0.870. The average molecular weight is 323 g/mol. The van der Waals surface area contributed by atoms with Gasteiger partial charge in [0.1, 0.15) is 0 Å². The Bertz CT molecular complexity index is 439. The van der Waals surface area contributed by atoms with E-state index in [0.29, 0.717) is 0 Å². The van der Waals surface area contributed by atoms with Crippen molar-refractivity contribution in [2.45, 2.75) is 13.1 Å². The molecule has 2 rings (SSSR count). The Balaban J connectivity index is 1.85. The van der Waals surface area contributed by atoms with Gasteiger partial charge in [-0.1, -0.05) is 42.5 Å². The van der Waals surface area contributed by atoms with E-state index >= 15 is 0 Å². The van der Waals surface area contributed by atoms with Gasteiger partial charge >= 0.3 is 0 Å². The second-order valence-electron chi connectivity index (χ2n) is 3.72. The third kappa shape index (κ3) is 3.61. The summed E-state index contributed by atoms with van der Waals surface area (Å²) in [6.45, 7) is 1.85. The van der Waals surface area contributed by atoms with E-state index in [0.717, 1.165) is 13.1 Å². The van der Waals surface area contributed by atoms with E-state index in [1.165, 1.54) is 14.7 Å². The molecular formula is C14H14IN. The highest BCUT2D eigenvalue weighted by Crippen LogP contribution is 2.07. The fraction of sp³-hybridized carbons (Fsp3) is 0.143. The van der Waals surface area contributed by atoms with Crippen molar-refractivity contribution in [1.82, 2.24) is 5.32 Å². The van der Waals surface area contributed by atoms with Gasteiger partial charge in [-0.25, -0.2) is 0 Å². The first-order valence-corrected chi connectivity index (χ1v) is 6.41. The van der Waals surface area contributed by atoms with Gasteiger partial charge in [0, 0.05) is 16.7 Å². The minimum atomic E-state index is 0.922. The van der Waals surface area contributed by atoms with E-state index in [9.17, 15) is 0 Å². The number of nitrogens with one attached hydrogen (secondary N) is 1. The molecule has 2 aromatic carbocycles. The molecule has 0 atom stereocenters. The number of hydrogen-bond donors (Lipinski definition) is 1. The molecule has 0 aliphatic rings. The van der Waals surface area contributed by atoms with Crippen molar-refractivity contribution in [3.05, 3.63) is 69.3 Å². The summed E-state index contributed by atoms with van der Waals surface area (Å²) in [6, 6.07) is 19.0. The molecule has 82 valence electrons. The maximum atomic E-state index is 3.44. The van der Waals surface area contributed by atoms with Crippen LogP contribution in [0.15, 0.2) is 54.6 Å². The normalized spacial score (nSPS) is 10.3. The summed E-state index contributed by atoms with van der Waals surface area (Å²) in [6.07, 6.45) is 0. The molecular weight excluding hydrogens is 309 g/mol. The van der Waals surface area contributed by atoms with Gasteiger partial charge in [-0.2, -0.15) is 0 Å². The molecule has 1 nitrogen and oxygen atoms in total. The summed E-state index contributed by atoms with van der Waals surface area (Å²) in [5, 5.41) is 3.44. The molecule has 0 bridgehead atoms. The highest BCUT2D eigenvalue weighted by molar-refractivity contribution is 14.1. The summed E-state index contributed by atoms with van der Waals surface area (Å²) in [7, 11) is 0. The van der Waals surface area contributed by atoms with Crippen molar-refractivity contribution in [3.8, 4) is 0 Å². The summed E-state index contributed by atoms with van der Waals surface area (Å²) in [5.41, 5.74) is 2.66. The van der Waals surface area contributed by atoms with Crippen molar-refractivity contribution in [3.63, 3.8) is 0 Å². The molecule has 2 aromatic rings. The van der Waals surface area contributed by atoms with Gasteiger partial charge in [-0.05, 0) is 45.9 Å². The fourth-order valence-corrected chi connectivity index (χ4v) is 2.20. The average Bonchev–Trinajstić information content (AvgIpc) is 2.30. The minimum Gasteiger partial charge on any atom is -0.309 e. The maximum absolute atomic E-state index is 3.44. The van der Waals surface area contributed by atoms with Crippen LogP contribution in [0.1, 0.15) is 11.1 Å². The van der Waals surface area contributed by atoms with Crippen LogP contribution in [-0.4, -0.2) is 0 Å². The molecule has 0 aliphatic heterocycles. The largest absolute Gasteiger partial charge is 0.309 e. The first kappa shape index (κ1) is 11.6. The standard InChI is InChI=1S/C14H14IN/c15-14-8-4-7-13(9-14)11-16-10-12-5-2-1-3-6-12/h1-9,16H,10-11H2. The molecule has 2 heteroatoms. The maximum Gasteiger partial charge on any atom is 0.0209 e. The van der Waals surface area contributed by atoms with Crippen LogP contribution in [0.3, 0.4) is 0 Å². The van der Waals surface area contributed by atoms with E-state index in [2.05, 4.69) is 76.4 Å². The monoisotopic (exact) mass is 323 g/mol. The van der Waals surface area contributed by atoms with E-state index in [-0.39, 0.29) is 0 Å². The van der Waals surface area contributed by atoms with Crippen LogP contribution in [0.5, 0.6) is 0 Å². The third-order valence-corrected chi connectivity index (χ3v) is 3.06. The number of rotatable bonds is 4. The predicted molar refractivity (Wildman–Crippen MR) is 76.1 cm³/mol. The molecule has 0 radical (unpaired) electrons. The lowest BCUT2D eigenvalue weighted by Gasteiger charge is -2.05. The molecule has 0 amide bonds. The van der Waals surface area contributed by atoms with Crippen molar-refractivity contribution >= 4 is 22.6 Å². The van der Waals surface area contributed by atoms with Crippen molar-refractivity contribution in [2.75, 3.05) is 0 Å². The summed E-state index contributed by atoms with van der Waals surface area (Å²) in [5.74, 6) is 0. The molecule has 0 aliphatic carbocycles. The van der Waals surface area contributed by atoms with E-state index in [1.54, 1.807) is 0 Å². The van der Waals surface area contributed by atoms with E-state index in [1.807, 2.05) is 6.07 Å². The van der Waals surface area contributed by atoms with Crippen LogP contribution in [-0.2, 0) is 13.1 Å². The van der Waals surface area contributed by atoms with Gasteiger partial charge in [-0.15, -0.1) is 0 Å². The molecule has 0 saturated carbocycles. The van der Waals surface area contributed by atoms with Gasteiger partial charge < -0.3 is 5.32 Å². The summed E-state index contributed by atoms with van der Waals surface area (Å²) >= 11 is 2.34. The second kappa shape index (κ2) is 6.01. The molecule has 0 heterocycles. The van der Waals surface area contributed by atoms with Gasteiger partial charge in [-0.3, -0.25) is 0 Å². The quantitative estimate of drug-likeness (QED) is 0.848. The topological polar surface area (TPSA) is 12.0 Å². The lowest BCUT2D eigenvalue weighted by Crippen LogP contribution is -2.12. The summed E-state index contributed by atoms with van der Waals surface area (Å²) in [4.78, 5) is 0. The molecule has 0 spiro atoms. The lowest BCUT2D eigenvalue weighted by atomic mass is 10.2. The van der Waals surface area contributed by atoms with E-state index < -0.39 is 0 Å². The fourth-order valence-electron chi connectivity index (χ4n) is 1.59. The summed E-state index contributed by atoms with van der Waals surface area (Å²) < 4.78 is 1.29. The molecule has 0 aromatic heterocycles. The zero-order valence-corrected chi connectivity index (χ0v) is 11.1. The number of hydrogen-bond acceptors (Lipinski definition) is 1. The van der Waals surface area contributed by atoms with E-state index in [4.69, 9.17) is 0 Å². The van der Waals surface area contributed by atoms with Gasteiger partial charge in [0.15, 0.2) is 0 Å². The third-order valence-electron chi connectivity index (χ3n) is 2.39. The first-order valence-electron chi connectivity index (χ1n) is 5.34. The van der Waals surface area contributed by atoms with Gasteiger partial charge in [0.05, 0.1) is 0 Å². The molecule has 1 N–H and O–H groups in total. The van der Waals surface area contributed by atoms with Crippen molar-refractivity contribution in [2.24, 2.45) is 0 Å². The Morgan fingerprint density at radius 3 is 2.25 bits per heavy atom. The zero-order valence-electron chi connectivity index (χ0n) is 8.99. The molecule has 0 fully saturated rings. The number of benzene rings is 2.